The number of aryl methyl sites for hydroxylation is 2. The van der Waals surface area contributed by atoms with Gasteiger partial charge in [-0.3, -0.25) is 9.69 Å². The first kappa shape index (κ1) is 17.7. The highest BCUT2D eigenvalue weighted by Crippen LogP contribution is 2.31. The third-order valence-electron chi connectivity index (χ3n) is 5.76. The second-order valence-corrected chi connectivity index (χ2v) is 8.78. The van der Waals surface area contributed by atoms with Crippen LogP contribution in [0.3, 0.4) is 0 Å². The highest BCUT2D eigenvalue weighted by Gasteiger charge is 2.28. The van der Waals surface area contributed by atoms with Crippen molar-refractivity contribution in [3.05, 3.63) is 38.4 Å². The summed E-state index contributed by atoms with van der Waals surface area (Å²) < 4.78 is 5.29. The average Bonchev–Trinajstić information content (AvgIpc) is 3.19. The quantitative estimate of drug-likeness (QED) is 0.821. The fraction of sp³-hybridized carbons (Fsp3) is 0.600. The van der Waals surface area contributed by atoms with E-state index in [2.05, 4.69) is 27.3 Å². The summed E-state index contributed by atoms with van der Waals surface area (Å²) in [6.07, 6.45) is 3.32. The van der Waals surface area contributed by atoms with Gasteiger partial charge in [-0.25, -0.2) is 0 Å². The molecule has 2 aliphatic rings. The van der Waals surface area contributed by atoms with Crippen molar-refractivity contribution in [2.45, 2.75) is 53.1 Å². The lowest BCUT2D eigenvalue weighted by Crippen LogP contribution is -2.39. The van der Waals surface area contributed by atoms with Gasteiger partial charge in [0.2, 0.25) is 0 Å². The van der Waals surface area contributed by atoms with Crippen LogP contribution in [0.5, 0.6) is 0 Å². The fourth-order valence-electron chi connectivity index (χ4n) is 4.19. The van der Waals surface area contributed by atoms with E-state index in [1.165, 1.54) is 22.4 Å². The van der Waals surface area contributed by atoms with E-state index in [9.17, 15) is 4.79 Å². The van der Waals surface area contributed by atoms with Crippen molar-refractivity contribution in [3.63, 3.8) is 0 Å². The molecule has 0 unspecified atom stereocenters. The van der Waals surface area contributed by atoms with E-state index in [0.717, 1.165) is 62.6 Å². The predicted octanol–water partition coefficient (Wildman–Crippen LogP) is 3.78. The summed E-state index contributed by atoms with van der Waals surface area (Å²) in [5.41, 5.74) is 4.42. The maximum absolute atomic E-state index is 13.0. The lowest BCUT2D eigenvalue weighted by Gasteiger charge is -2.32. The number of hydrogen-bond donors (Lipinski definition) is 0. The van der Waals surface area contributed by atoms with Gasteiger partial charge in [-0.05, 0) is 44.6 Å². The van der Waals surface area contributed by atoms with Crippen molar-refractivity contribution in [2.75, 3.05) is 19.6 Å². The first-order chi connectivity index (χ1) is 12.5. The summed E-state index contributed by atoms with van der Waals surface area (Å²) in [7, 11) is 0. The van der Waals surface area contributed by atoms with Crippen molar-refractivity contribution in [3.8, 4) is 0 Å². The molecule has 0 aliphatic carbocycles. The summed E-state index contributed by atoms with van der Waals surface area (Å²) in [6, 6.07) is 0. The van der Waals surface area contributed by atoms with E-state index in [0.29, 0.717) is 5.92 Å². The van der Waals surface area contributed by atoms with Gasteiger partial charge in [0, 0.05) is 48.5 Å². The molecule has 140 valence electrons. The largest absolute Gasteiger partial charge is 0.361 e. The van der Waals surface area contributed by atoms with Gasteiger partial charge in [-0.15, -0.1) is 11.3 Å². The summed E-state index contributed by atoms with van der Waals surface area (Å²) in [6.45, 7) is 10.8. The molecule has 2 aliphatic heterocycles. The molecule has 1 atom stereocenters. The summed E-state index contributed by atoms with van der Waals surface area (Å²) in [4.78, 5) is 18.8. The molecule has 5 nitrogen and oxygen atoms in total. The SMILES string of the molecule is Cc1noc(C)c1CN1CCc2c(C(=O)N3CCC[C@@H](C)C3)csc2C1. The van der Waals surface area contributed by atoms with E-state index in [-0.39, 0.29) is 5.91 Å². The van der Waals surface area contributed by atoms with Crippen molar-refractivity contribution in [1.29, 1.82) is 0 Å². The molecule has 1 amide bonds. The van der Waals surface area contributed by atoms with Crippen molar-refractivity contribution in [2.24, 2.45) is 5.92 Å². The topological polar surface area (TPSA) is 49.6 Å². The second-order valence-electron chi connectivity index (χ2n) is 7.81. The van der Waals surface area contributed by atoms with Crippen LogP contribution in [0.25, 0.3) is 0 Å². The van der Waals surface area contributed by atoms with E-state index in [1.807, 2.05) is 13.8 Å². The minimum Gasteiger partial charge on any atom is -0.361 e. The molecule has 1 saturated heterocycles. The molecule has 4 rings (SSSR count). The van der Waals surface area contributed by atoms with Crippen LogP contribution in [0.15, 0.2) is 9.90 Å². The normalized spacial score (nSPS) is 21.0. The molecule has 1 fully saturated rings. The molecule has 0 aromatic carbocycles. The number of nitrogens with zero attached hydrogens (tertiary/aromatic N) is 3. The monoisotopic (exact) mass is 373 g/mol. The smallest absolute Gasteiger partial charge is 0.254 e. The summed E-state index contributed by atoms with van der Waals surface area (Å²) >= 11 is 1.74. The van der Waals surface area contributed by atoms with Crippen LogP contribution in [0.1, 0.15) is 57.6 Å². The Morgan fingerprint density at radius 1 is 1.38 bits per heavy atom. The number of hydrogen-bond acceptors (Lipinski definition) is 5. The standard InChI is InChI=1S/C20H27N3O2S/c1-13-5-4-7-23(9-13)20(24)18-12-26-19-11-22(8-6-16(18)19)10-17-14(2)21-25-15(17)3/h12-13H,4-11H2,1-3H3/t13-/m1/s1. The third-order valence-corrected chi connectivity index (χ3v) is 6.78. The highest BCUT2D eigenvalue weighted by atomic mass is 32.1. The number of carbonyl (C=O) groups is 1. The Labute approximate surface area is 159 Å². The Morgan fingerprint density at radius 2 is 2.23 bits per heavy atom. The van der Waals surface area contributed by atoms with Gasteiger partial charge in [0.25, 0.3) is 5.91 Å². The van der Waals surface area contributed by atoms with Crippen LogP contribution in [-0.2, 0) is 19.5 Å². The molecule has 2 aromatic heterocycles. The number of aromatic nitrogens is 1. The molecular formula is C20H27N3O2S. The molecule has 4 heterocycles. The van der Waals surface area contributed by atoms with Crippen LogP contribution >= 0.6 is 11.3 Å². The third kappa shape index (κ3) is 3.32. The molecule has 0 spiro atoms. The zero-order valence-electron chi connectivity index (χ0n) is 15.9. The lowest BCUT2D eigenvalue weighted by molar-refractivity contribution is 0.0681. The Hall–Kier alpha value is -1.66. The molecule has 0 saturated carbocycles. The minimum atomic E-state index is 0.244. The van der Waals surface area contributed by atoms with Gasteiger partial charge >= 0.3 is 0 Å². The van der Waals surface area contributed by atoms with Gasteiger partial charge in [0.15, 0.2) is 0 Å². The van der Waals surface area contributed by atoms with Crippen LogP contribution in [0.4, 0.5) is 0 Å². The summed E-state index contributed by atoms with van der Waals surface area (Å²) in [5, 5.41) is 6.15. The van der Waals surface area contributed by atoms with E-state index >= 15 is 0 Å². The predicted molar refractivity (Wildman–Crippen MR) is 102 cm³/mol. The van der Waals surface area contributed by atoms with Gasteiger partial charge in [-0.2, -0.15) is 0 Å². The molecular weight excluding hydrogens is 346 g/mol. The lowest BCUT2D eigenvalue weighted by atomic mass is 9.98. The second kappa shape index (κ2) is 7.16. The zero-order valence-corrected chi connectivity index (χ0v) is 16.7. The number of fused-ring (bicyclic) bond motifs is 1. The Bertz CT molecular complexity index is 791. The zero-order chi connectivity index (χ0) is 18.3. The van der Waals surface area contributed by atoms with Crippen LogP contribution in [-0.4, -0.2) is 40.5 Å². The van der Waals surface area contributed by atoms with E-state index in [1.54, 1.807) is 11.3 Å². The molecule has 0 N–H and O–H groups in total. The first-order valence-corrected chi connectivity index (χ1v) is 10.4. The number of thiophene rings is 1. The van der Waals surface area contributed by atoms with Crippen molar-refractivity contribution >= 4 is 17.2 Å². The number of carbonyl (C=O) groups excluding carboxylic acids is 1. The fourth-order valence-corrected chi connectivity index (χ4v) is 5.31. The molecule has 0 bridgehead atoms. The molecule has 6 heteroatoms. The number of likely N-dealkylation sites (tertiary alicyclic amines) is 1. The number of amides is 1. The number of rotatable bonds is 3. The van der Waals surface area contributed by atoms with Gasteiger partial charge in [0.1, 0.15) is 5.76 Å². The van der Waals surface area contributed by atoms with Crippen molar-refractivity contribution < 1.29 is 9.32 Å². The first-order valence-electron chi connectivity index (χ1n) is 9.55. The van der Waals surface area contributed by atoms with Gasteiger partial charge in [0.05, 0.1) is 11.3 Å². The maximum Gasteiger partial charge on any atom is 0.254 e. The van der Waals surface area contributed by atoms with Gasteiger partial charge in [-0.1, -0.05) is 12.1 Å². The van der Waals surface area contributed by atoms with Gasteiger partial charge < -0.3 is 9.42 Å². The Balaban J connectivity index is 1.47. The average molecular weight is 374 g/mol. The van der Waals surface area contributed by atoms with E-state index < -0.39 is 0 Å². The van der Waals surface area contributed by atoms with Crippen LogP contribution < -0.4 is 0 Å². The van der Waals surface area contributed by atoms with Crippen LogP contribution in [0.2, 0.25) is 0 Å². The van der Waals surface area contributed by atoms with Crippen LogP contribution in [0, 0.1) is 19.8 Å². The maximum atomic E-state index is 13.0. The molecule has 0 radical (unpaired) electrons. The minimum absolute atomic E-state index is 0.244. The number of piperidine rings is 1. The molecule has 26 heavy (non-hydrogen) atoms. The Morgan fingerprint density at radius 3 is 2.96 bits per heavy atom. The van der Waals surface area contributed by atoms with E-state index in [4.69, 9.17) is 4.52 Å². The highest BCUT2D eigenvalue weighted by molar-refractivity contribution is 7.10. The molecule has 2 aromatic rings. The summed E-state index contributed by atoms with van der Waals surface area (Å²) in [5.74, 6) is 1.77. The van der Waals surface area contributed by atoms with Crippen molar-refractivity contribution in [1.82, 2.24) is 15.0 Å². The Kier molecular flexibility index (Phi) is 4.88.